The molecule has 1 aromatic heterocycles. The first-order valence-electron chi connectivity index (χ1n) is 8.53. The maximum absolute atomic E-state index is 12.0. The standard InChI is InChI=1S/C19H24N4O2/c1-14-13-23(8-9-25-14)18-7-4-16(11-21-18)12-22-19(24)10-15-2-5-17(20)6-3-15/h2-7,11,14H,8-10,12-13,20H2,1H3,(H,22,24). The minimum Gasteiger partial charge on any atom is -0.399 e. The predicted molar refractivity (Wildman–Crippen MR) is 98.3 cm³/mol. The van der Waals surface area contributed by atoms with Crippen LogP contribution in [-0.2, 0) is 22.5 Å². The molecule has 1 aliphatic heterocycles. The van der Waals surface area contributed by atoms with Crippen molar-refractivity contribution in [3.05, 3.63) is 53.7 Å². The number of amides is 1. The average Bonchev–Trinajstić information content (AvgIpc) is 2.62. The van der Waals surface area contributed by atoms with Crippen LogP contribution in [0, 0.1) is 0 Å². The topological polar surface area (TPSA) is 80.5 Å². The van der Waals surface area contributed by atoms with Crippen molar-refractivity contribution in [2.24, 2.45) is 0 Å². The highest BCUT2D eigenvalue weighted by atomic mass is 16.5. The fraction of sp³-hybridized carbons (Fsp3) is 0.368. The third-order valence-corrected chi connectivity index (χ3v) is 4.21. The molecule has 3 rings (SSSR count). The number of hydrogen-bond acceptors (Lipinski definition) is 5. The SMILES string of the molecule is CC1CN(c2ccc(CNC(=O)Cc3ccc(N)cc3)cn2)CCO1. The second-order valence-electron chi connectivity index (χ2n) is 6.35. The highest BCUT2D eigenvalue weighted by molar-refractivity contribution is 5.78. The van der Waals surface area contributed by atoms with Crippen molar-refractivity contribution in [2.75, 3.05) is 30.3 Å². The summed E-state index contributed by atoms with van der Waals surface area (Å²) in [6.45, 7) is 4.98. The van der Waals surface area contributed by atoms with E-state index < -0.39 is 0 Å². The fourth-order valence-corrected chi connectivity index (χ4v) is 2.82. The van der Waals surface area contributed by atoms with Crippen molar-refractivity contribution in [3.8, 4) is 0 Å². The Bertz CT molecular complexity index is 700. The van der Waals surface area contributed by atoms with Gasteiger partial charge in [0.1, 0.15) is 5.82 Å². The molecule has 1 amide bonds. The van der Waals surface area contributed by atoms with E-state index >= 15 is 0 Å². The molecule has 1 aliphatic rings. The zero-order valence-corrected chi connectivity index (χ0v) is 14.4. The summed E-state index contributed by atoms with van der Waals surface area (Å²) in [5.74, 6) is 0.933. The van der Waals surface area contributed by atoms with Gasteiger partial charge in [0.05, 0.1) is 19.1 Å². The number of ether oxygens (including phenoxy) is 1. The van der Waals surface area contributed by atoms with E-state index in [1.54, 1.807) is 12.1 Å². The van der Waals surface area contributed by atoms with E-state index in [2.05, 4.69) is 22.1 Å². The monoisotopic (exact) mass is 340 g/mol. The van der Waals surface area contributed by atoms with E-state index in [9.17, 15) is 4.79 Å². The van der Waals surface area contributed by atoms with Crippen LogP contribution in [-0.4, -0.2) is 36.7 Å². The van der Waals surface area contributed by atoms with Gasteiger partial charge in [0, 0.05) is 31.5 Å². The van der Waals surface area contributed by atoms with Crippen molar-refractivity contribution < 1.29 is 9.53 Å². The van der Waals surface area contributed by atoms with Crippen molar-refractivity contribution in [2.45, 2.75) is 26.0 Å². The van der Waals surface area contributed by atoms with Crippen LogP contribution in [0.25, 0.3) is 0 Å². The molecule has 0 spiro atoms. The summed E-state index contributed by atoms with van der Waals surface area (Å²) < 4.78 is 5.55. The third kappa shape index (κ3) is 4.93. The van der Waals surface area contributed by atoms with Crippen LogP contribution in [0.1, 0.15) is 18.1 Å². The lowest BCUT2D eigenvalue weighted by molar-refractivity contribution is -0.120. The van der Waals surface area contributed by atoms with Crippen LogP contribution < -0.4 is 16.0 Å². The molecule has 25 heavy (non-hydrogen) atoms. The number of nitrogens with two attached hydrogens (primary N) is 1. The molecule has 6 heteroatoms. The van der Waals surface area contributed by atoms with E-state index in [1.165, 1.54) is 0 Å². The van der Waals surface area contributed by atoms with Gasteiger partial charge in [-0.15, -0.1) is 0 Å². The Kier molecular flexibility index (Phi) is 5.50. The summed E-state index contributed by atoms with van der Waals surface area (Å²) in [5.41, 5.74) is 8.28. The minimum absolute atomic E-state index is 0.0177. The van der Waals surface area contributed by atoms with Crippen LogP contribution in [0.4, 0.5) is 11.5 Å². The Morgan fingerprint density at radius 1 is 1.28 bits per heavy atom. The summed E-state index contributed by atoms with van der Waals surface area (Å²) in [6.07, 6.45) is 2.39. The first kappa shape index (κ1) is 17.2. The van der Waals surface area contributed by atoms with E-state index in [0.717, 1.165) is 36.6 Å². The van der Waals surface area contributed by atoms with Gasteiger partial charge in [0.25, 0.3) is 0 Å². The highest BCUT2D eigenvalue weighted by Crippen LogP contribution is 2.15. The first-order chi connectivity index (χ1) is 12.1. The average molecular weight is 340 g/mol. The third-order valence-electron chi connectivity index (χ3n) is 4.21. The van der Waals surface area contributed by atoms with Gasteiger partial charge < -0.3 is 20.7 Å². The molecule has 1 fully saturated rings. The van der Waals surface area contributed by atoms with E-state index in [-0.39, 0.29) is 12.0 Å². The minimum atomic E-state index is -0.0177. The van der Waals surface area contributed by atoms with Crippen LogP contribution in [0.3, 0.4) is 0 Å². The number of nitrogens with zero attached hydrogens (tertiary/aromatic N) is 2. The molecule has 2 heterocycles. The maximum atomic E-state index is 12.0. The predicted octanol–water partition coefficient (Wildman–Crippen LogP) is 1.75. The summed E-state index contributed by atoms with van der Waals surface area (Å²) in [6, 6.07) is 11.4. The van der Waals surface area contributed by atoms with E-state index in [1.807, 2.05) is 30.5 Å². The second kappa shape index (κ2) is 7.98. The molecule has 1 aromatic carbocycles. The molecule has 0 saturated carbocycles. The van der Waals surface area contributed by atoms with E-state index in [0.29, 0.717) is 18.7 Å². The van der Waals surface area contributed by atoms with Crippen molar-refractivity contribution in [3.63, 3.8) is 0 Å². The summed E-state index contributed by atoms with van der Waals surface area (Å²) in [4.78, 5) is 18.8. The number of nitrogen functional groups attached to an aromatic ring is 1. The molecule has 0 aliphatic carbocycles. The zero-order chi connectivity index (χ0) is 17.6. The molecule has 0 radical (unpaired) electrons. The number of rotatable bonds is 5. The lowest BCUT2D eigenvalue weighted by Gasteiger charge is -2.32. The normalized spacial score (nSPS) is 17.3. The van der Waals surface area contributed by atoms with Gasteiger partial charge in [-0.2, -0.15) is 0 Å². The van der Waals surface area contributed by atoms with Gasteiger partial charge in [0.15, 0.2) is 0 Å². The van der Waals surface area contributed by atoms with Crippen LogP contribution in [0.2, 0.25) is 0 Å². The molecular weight excluding hydrogens is 316 g/mol. The zero-order valence-electron chi connectivity index (χ0n) is 14.4. The van der Waals surface area contributed by atoms with Crippen molar-refractivity contribution in [1.29, 1.82) is 0 Å². The number of nitrogens with one attached hydrogen (secondary N) is 1. The van der Waals surface area contributed by atoms with Crippen LogP contribution in [0.15, 0.2) is 42.6 Å². The molecule has 3 N–H and O–H groups in total. The van der Waals surface area contributed by atoms with E-state index in [4.69, 9.17) is 10.5 Å². The number of anilines is 2. The first-order valence-corrected chi connectivity index (χ1v) is 8.53. The lowest BCUT2D eigenvalue weighted by atomic mass is 10.1. The van der Waals surface area contributed by atoms with Gasteiger partial charge in [-0.25, -0.2) is 4.98 Å². The van der Waals surface area contributed by atoms with Gasteiger partial charge >= 0.3 is 0 Å². The number of hydrogen-bond donors (Lipinski definition) is 2. The molecule has 1 saturated heterocycles. The summed E-state index contributed by atoms with van der Waals surface area (Å²) >= 11 is 0. The number of carbonyl (C=O) groups is 1. The van der Waals surface area contributed by atoms with Crippen LogP contribution in [0.5, 0.6) is 0 Å². The second-order valence-corrected chi connectivity index (χ2v) is 6.35. The molecule has 1 unspecified atom stereocenters. The number of carbonyl (C=O) groups excluding carboxylic acids is 1. The van der Waals surface area contributed by atoms with Crippen molar-refractivity contribution in [1.82, 2.24) is 10.3 Å². The molecule has 132 valence electrons. The molecule has 1 atom stereocenters. The smallest absolute Gasteiger partial charge is 0.224 e. The quantitative estimate of drug-likeness (QED) is 0.811. The Morgan fingerprint density at radius 2 is 2.04 bits per heavy atom. The Hall–Kier alpha value is -2.60. The molecule has 2 aromatic rings. The van der Waals surface area contributed by atoms with Gasteiger partial charge in [0.2, 0.25) is 5.91 Å². The molecular formula is C19H24N4O2. The Balaban J connectivity index is 1.49. The number of benzene rings is 1. The molecule has 0 bridgehead atoms. The number of pyridine rings is 1. The van der Waals surface area contributed by atoms with Gasteiger partial charge in [-0.05, 0) is 36.2 Å². The van der Waals surface area contributed by atoms with Gasteiger partial charge in [-0.3, -0.25) is 4.79 Å². The van der Waals surface area contributed by atoms with Crippen LogP contribution >= 0.6 is 0 Å². The lowest BCUT2D eigenvalue weighted by Crippen LogP contribution is -2.41. The molecule has 6 nitrogen and oxygen atoms in total. The number of aromatic nitrogens is 1. The Labute approximate surface area is 148 Å². The summed E-state index contributed by atoms with van der Waals surface area (Å²) in [5, 5.41) is 2.92. The number of morpholine rings is 1. The largest absolute Gasteiger partial charge is 0.399 e. The van der Waals surface area contributed by atoms with Crippen molar-refractivity contribution >= 4 is 17.4 Å². The fourth-order valence-electron chi connectivity index (χ4n) is 2.82. The summed E-state index contributed by atoms with van der Waals surface area (Å²) in [7, 11) is 0. The Morgan fingerprint density at radius 3 is 2.72 bits per heavy atom. The highest BCUT2D eigenvalue weighted by Gasteiger charge is 2.17. The van der Waals surface area contributed by atoms with Gasteiger partial charge in [-0.1, -0.05) is 18.2 Å². The maximum Gasteiger partial charge on any atom is 0.224 e.